The number of carbonyl (C=O) groups excluding carboxylic acids is 4. The first-order valence-corrected chi connectivity index (χ1v) is 14.0. The Bertz CT molecular complexity index is 1520. The SMILES string of the molecule is COC(=O)NC[C@H]1CN(c2cc(F)c(N3CCN(C(=O)[C@@H](NC(=O)c4cn5cccnc5n4)C(C)C)CC3)c(F)c2)C(=O)O1. The molecule has 0 saturated carbocycles. The minimum atomic E-state index is -0.877. The number of amides is 4. The van der Waals surface area contributed by atoms with Crippen LogP contribution in [0.5, 0.6) is 0 Å². The van der Waals surface area contributed by atoms with Gasteiger partial charge in [-0.15, -0.1) is 0 Å². The number of benzene rings is 1. The fourth-order valence-corrected chi connectivity index (χ4v) is 5.13. The van der Waals surface area contributed by atoms with E-state index in [9.17, 15) is 19.2 Å². The molecule has 4 amide bonds. The quantitative estimate of drug-likeness (QED) is 0.387. The van der Waals surface area contributed by atoms with Crippen LogP contribution in [0.3, 0.4) is 0 Å². The van der Waals surface area contributed by atoms with Gasteiger partial charge in [0.1, 0.15) is 23.5 Å². The molecule has 3 aromatic rings. The Morgan fingerprint density at radius 1 is 1.14 bits per heavy atom. The number of piperazine rings is 1. The standard InChI is InChI=1S/C28H32F2N8O6/c1-16(2)22(34-24(39)21-15-37-6-4-5-31-26(37)33-21)25(40)36-9-7-35(8-10-36)23-19(29)11-17(12-20(23)30)38-14-18(44-28(38)42)13-32-27(41)43-3/h4-6,11-12,15-16,18,22H,7-10,13-14H2,1-3H3,(H,32,41)(H,34,39)/t18-,22-/m0/s1. The van der Waals surface area contributed by atoms with Crippen molar-refractivity contribution in [2.24, 2.45) is 5.92 Å². The molecule has 4 heterocycles. The summed E-state index contributed by atoms with van der Waals surface area (Å²) in [6.45, 7) is 4.19. The van der Waals surface area contributed by atoms with Gasteiger partial charge in [0.25, 0.3) is 5.91 Å². The number of hydrogen-bond acceptors (Lipinski definition) is 9. The van der Waals surface area contributed by atoms with Crippen LogP contribution >= 0.6 is 0 Å². The zero-order chi connectivity index (χ0) is 31.5. The summed E-state index contributed by atoms with van der Waals surface area (Å²) in [5.74, 6) is -2.47. The predicted molar refractivity (Wildman–Crippen MR) is 152 cm³/mol. The number of aromatic nitrogens is 3. The molecule has 2 atom stereocenters. The Hall–Kier alpha value is -5.02. The van der Waals surface area contributed by atoms with Crippen LogP contribution in [0.25, 0.3) is 5.78 Å². The van der Waals surface area contributed by atoms with Crippen molar-refractivity contribution in [2.75, 3.05) is 56.2 Å². The van der Waals surface area contributed by atoms with E-state index in [1.807, 2.05) is 13.8 Å². The molecule has 0 bridgehead atoms. The van der Waals surface area contributed by atoms with Gasteiger partial charge in [-0.05, 0) is 12.0 Å². The molecule has 0 unspecified atom stereocenters. The van der Waals surface area contributed by atoms with Gasteiger partial charge in [0.15, 0.2) is 11.6 Å². The number of anilines is 2. The maximum absolute atomic E-state index is 15.3. The van der Waals surface area contributed by atoms with Crippen LogP contribution in [0.4, 0.5) is 29.7 Å². The zero-order valence-electron chi connectivity index (χ0n) is 24.3. The number of hydrogen-bond donors (Lipinski definition) is 2. The largest absolute Gasteiger partial charge is 0.453 e. The van der Waals surface area contributed by atoms with E-state index in [1.54, 1.807) is 27.8 Å². The third kappa shape index (κ3) is 6.33. The van der Waals surface area contributed by atoms with E-state index in [0.717, 1.165) is 17.0 Å². The lowest BCUT2D eigenvalue weighted by Crippen LogP contribution is -2.56. The van der Waals surface area contributed by atoms with Crippen LogP contribution in [0, 0.1) is 17.6 Å². The molecule has 2 saturated heterocycles. The van der Waals surface area contributed by atoms with Crippen molar-refractivity contribution in [1.29, 1.82) is 0 Å². The average Bonchev–Trinajstić information content (AvgIpc) is 3.61. The number of methoxy groups -OCH3 is 1. The molecule has 0 aliphatic carbocycles. The first kappa shape index (κ1) is 30.4. The lowest BCUT2D eigenvalue weighted by Gasteiger charge is -2.38. The first-order chi connectivity index (χ1) is 21.0. The maximum atomic E-state index is 15.3. The number of alkyl carbamates (subject to hydrolysis) is 1. The lowest BCUT2D eigenvalue weighted by molar-refractivity contribution is -0.134. The molecule has 1 aromatic carbocycles. The monoisotopic (exact) mass is 614 g/mol. The Labute approximate surface area is 250 Å². The Balaban J connectivity index is 1.20. The predicted octanol–water partition coefficient (Wildman–Crippen LogP) is 1.79. The molecule has 2 fully saturated rings. The fraction of sp³-hybridized carbons (Fsp3) is 0.429. The van der Waals surface area contributed by atoms with Crippen molar-refractivity contribution in [3.05, 3.63) is 54.1 Å². The minimum Gasteiger partial charge on any atom is -0.453 e. The molecule has 2 N–H and O–H groups in total. The molecule has 5 rings (SSSR count). The third-order valence-electron chi connectivity index (χ3n) is 7.44. The zero-order valence-corrected chi connectivity index (χ0v) is 24.3. The molecular formula is C28H32F2N8O6. The number of halogens is 2. The van der Waals surface area contributed by atoms with Gasteiger partial charge in [-0.1, -0.05) is 13.8 Å². The maximum Gasteiger partial charge on any atom is 0.414 e. The van der Waals surface area contributed by atoms with Gasteiger partial charge >= 0.3 is 12.2 Å². The van der Waals surface area contributed by atoms with Crippen LogP contribution in [0.1, 0.15) is 24.3 Å². The van der Waals surface area contributed by atoms with Crippen molar-refractivity contribution in [3.63, 3.8) is 0 Å². The van der Waals surface area contributed by atoms with Crippen LogP contribution in [-0.4, -0.2) is 102 Å². The number of imidazole rings is 1. The van der Waals surface area contributed by atoms with E-state index in [2.05, 4.69) is 25.3 Å². The second kappa shape index (κ2) is 12.7. The number of fused-ring (bicyclic) bond motifs is 1. The van der Waals surface area contributed by atoms with Crippen LogP contribution in [0.2, 0.25) is 0 Å². The van der Waals surface area contributed by atoms with Gasteiger partial charge in [-0.25, -0.2) is 28.3 Å². The molecule has 0 radical (unpaired) electrons. The fourth-order valence-electron chi connectivity index (χ4n) is 5.13. The summed E-state index contributed by atoms with van der Waals surface area (Å²) in [6, 6.07) is 2.96. The highest BCUT2D eigenvalue weighted by atomic mass is 19.1. The molecule has 2 aliphatic heterocycles. The number of rotatable bonds is 8. The first-order valence-electron chi connectivity index (χ1n) is 14.0. The molecule has 2 aromatic heterocycles. The van der Waals surface area contributed by atoms with Gasteiger partial charge in [0.05, 0.1) is 25.9 Å². The molecule has 14 nitrogen and oxygen atoms in total. The molecule has 0 spiro atoms. The summed E-state index contributed by atoms with van der Waals surface area (Å²) < 4.78 is 41.8. The number of nitrogens with zero attached hydrogens (tertiary/aromatic N) is 6. The second-order valence-electron chi connectivity index (χ2n) is 10.7. The van der Waals surface area contributed by atoms with Crippen LogP contribution in [-0.2, 0) is 14.3 Å². The van der Waals surface area contributed by atoms with Crippen molar-refractivity contribution in [2.45, 2.75) is 26.0 Å². The number of cyclic esters (lactones) is 1. The van der Waals surface area contributed by atoms with Crippen LogP contribution in [0.15, 0.2) is 36.8 Å². The van der Waals surface area contributed by atoms with Crippen molar-refractivity contribution in [1.82, 2.24) is 29.9 Å². The van der Waals surface area contributed by atoms with E-state index in [0.29, 0.717) is 5.78 Å². The minimum absolute atomic E-state index is 0.0244. The third-order valence-corrected chi connectivity index (χ3v) is 7.44. The summed E-state index contributed by atoms with van der Waals surface area (Å²) in [5, 5.41) is 5.18. The van der Waals surface area contributed by atoms with Gasteiger partial charge < -0.3 is 29.9 Å². The Morgan fingerprint density at radius 3 is 2.48 bits per heavy atom. The Kier molecular flexibility index (Phi) is 8.78. The van der Waals surface area contributed by atoms with E-state index in [-0.39, 0.29) is 68.2 Å². The van der Waals surface area contributed by atoms with E-state index >= 15 is 8.78 Å². The molecule has 2 aliphatic rings. The summed E-state index contributed by atoms with van der Waals surface area (Å²) in [5.41, 5.74) is -0.177. The highest BCUT2D eigenvalue weighted by Gasteiger charge is 2.35. The van der Waals surface area contributed by atoms with Crippen molar-refractivity contribution < 1.29 is 37.4 Å². The summed E-state index contributed by atoms with van der Waals surface area (Å²) in [6.07, 6.45) is 2.56. The van der Waals surface area contributed by atoms with Crippen LogP contribution < -0.4 is 20.4 Å². The summed E-state index contributed by atoms with van der Waals surface area (Å²) >= 11 is 0. The van der Waals surface area contributed by atoms with Crippen molar-refractivity contribution in [3.8, 4) is 0 Å². The summed E-state index contributed by atoms with van der Waals surface area (Å²) in [4.78, 5) is 62.4. The Morgan fingerprint density at radius 2 is 1.84 bits per heavy atom. The molecule has 16 heteroatoms. The second-order valence-corrected chi connectivity index (χ2v) is 10.7. The molecule has 44 heavy (non-hydrogen) atoms. The highest BCUT2D eigenvalue weighted by Crippen LogP contribution is 2.31. The van der Waals surface area contributed by atoms with Crippen molar-refractivity contribution >= 4 is 41.2 Å². The van der Waals surface area contributed by atoms with Gasteiger partial charge in [-0.3, -0.25) is 18.9 Å². The van der Waals surface area contributed by atoms with E-state index < -0.39 is 41.9 Å². The van der Waals surface area contributed by atoms with Gasteiger partial charge in [0, 0.05) is 56.9 Å². The van der Waals surface area contributed by atoms with E-state index in [4.69, 9.17) is 4.74 Å². The number of nitrogens with one attached hydrogen (secondary N) is 2. The smallest absolute Gasteiger partial charge is 0.414 e. The number of ether oxygens (including phenoxy) is 2. The van der Waals surface area contributed by atoms with Gasteiger partial charge in [0.2, 0.25) is 11.7 Å². The number of carbonyl (C=O) groups is 4. The summed E-state index contributed by atoms with van der Waals surface area (Å²) in [7, 11) is 1.19. The van der Waals surface area contributed by atoms with Gasteiger partial charge in [-0.2, -0.15) is 0 Å². The average molecular weight is 615 g/mol. The molecule has 234 valence electrons. The molecular weight excluding hydrogens is 582 g/mol. The highest BCUT2D eigenvalue weighted by molar-refractivity contribution is 5.96. The normalized spacial score (nSPS) is 17.5. The lowest BCUT2D eigenvalue weighted by atomic mass is 10.0. The van der Waals surface area contributed by atoms with E-state index in [1.165, 1.54) is 18.2 Å². The topological polar surface area (TPSA) is 151 Å².